The van der Waals surface area contributed by atoms with Gasteiger partial charge in [0.15, 0.2) is 11.5 Å². The number of methoxy groups -OCH3 is 2. The van der Waals surface area contributed by atoms with Crippen molar-refractivity contribution in [3.8, 4) is 11.5 Å². The molecule has 98 valence electrons. The molecule has 3 aromatic rings. The second-order valence-corrected chi connectivity index (χ2v) is 4.96. The number of fused-ring (bicyclic) bond motifs is 1. The lowest BCUT2D eigenvalue weighted by Crippen LogP contribution is -1.94. The molecule has 0 N–H and O–H groups in total. The van der Waals surface area contributed by atoms with E-state index in [0.29, 0.717) is 0 Å². The van der Waals surface area contributed by atoms with Crippen LogP contribution >= 0.6 is 11.3 Å². The molecule has 0 saturated heterocycles. The molecule has 0 aliphatic heterocycles. The maximum absolute atomic E-state index is 5.29. The van der Waals surface area contributed by atoms with Gasteiger partial charge in [0, 0.05) is 6.42 Å². The number of benzene rings is 1. The van der Waals surface area contributed by atoms with Gasteiger partial charge in [-0.3, -0.25) is 0 Å². The molecule has 0 amide bonds. The van der Waals surface area contributed by atoms with Crippen LogP contribution in [0.3, 0.4) is 0 Å². The summed E-state index contributed by atoms with van der Waals surface area (Å²) in [6.45, 7) is 0. The average Bonchev–Trinajstić information content (AvgIpc) is 2.99. The highest BCUT2D eigenvalue weighted by atomic mass is 32.1. The molecule has 7 heteroatoms. The van der Waals surface area contributed by atoms with Gasteiger partial charge in [-0.2, -0.15) is 9.61 Å². The molecule has 0 bridgehead atoms. The van der Waals surface area contributed by atoms with E-state index in [9.17, 15) is 0 Å². The van der Waals surface area contributed by atoms with Crippen molar-refractivity contribution in [2.24, 2.45) is 0 Å². The minimum atomic E-state index is 0.725. The highest BCUT2D eigenvalue weighted by Gasteiger charge is 2.09. The maximum Gasteiger partial charge on any atom is 0.234 e. The van der Waals surface area contributed by atoms with Crippen LogP contribution in [0.25, 0.3) is 4.96 Å². The van der Waals surface area contributed by atoms with Crippen LogP contribution in [-0.2, 0) is 6.42 Å². The summed E-state index contributed by atoms with van der Waals surface area (Å²) in [7, 11) is 3.26. The Hall–Kier alpha value is -2.15. The van der Waals surface area contributed by atoms with Crippen molar-refractivity contribution in [3.05, 3.63) is 35.1 Å². The maximum atomic E-state index is 5.29. The van der Waals surface area contributed by atoms with Crippen molar-refractivity contribution < 1.29 is 9.47 Å². The Morgan fingerprint density at radius 2 is 2.05 bits per heavy atom. The number of hydrogen-bond donors (Lipinski definition) is 0. The Morgan fingerprint density at radius 1 is 1.21 bits per heavy atom. The van der Waals surface area contributed by atoms with Gasteiger partial charge in [0.1, 0.15) is 11.3 Å². The SMILES string of the molecule is COc1ccc(Cc2nn3cnnc3s2)cc1OC. The van der Waals surface area contributed by atoms with E-state index in [-0.39, 0.29) is 0 Å². The van der Waals surface area contributed by atoms with Gasteiger partial charge in [-0.1, -0.05) is 17.4 Å². The van der Waals surface area contributed by atoms with Crippen LogP contribution in [0.5, 0.6) is 11.5 Å². The first-order valence-electron chi connectivity index (χ1n) is 5.67. The lowest BCUT2D eigenvalue weighted by Gasteiger charge is -2.08. The number of nitrogens with zero attached hydrogens (tertiary/aromatic N) is 4. The van der Waals surface area contributed by atoms with E-state index in [2.05, 4.69) is 15.3 Å². The fraction of sp³-hybridized carbons (Fsp3) is 0.250. The largest absolute Gasteiger partial charge is 0.493 e. The molecule has 0 spiro atoms. The zero-order valence-corrected chi connectivity index (χ0v) is 11.3. The van der Waals surface area contributed by atoms with E-state index in [1.165, 1.54) is 11.3 Å². The van der Waals surface area contributed by atoms with Crippen LogP contribution in [-0.4, -0.2) is 34.0 Å². The van der Waals surface area contributed by atoms with Crippen molar-refractivity contribution in [3.63, 3.8) is 0 Å². The lowest BCUT2D eigenvalue weighted by atomic mass is 10.1. The van der Waals surface area contributed by atoms with Crippen molar-refractivity contribution >= 4 is 16.3 Å². The molecule has 0 aliphatic carbocycles. The Kier molecular flexibility index (Phi) is 3.04. The molecular formula is C12H12N4O2S. The van der Waals surface area contributed by atoms with E-state index in [1.54, 1.807) is 25.1 Å². The first-order chi connectivity index (χ1) is 9.30. The highest BCUT2D eigenvalue weighted by Crippen LogP contribution is 2.28. The van der Waals surface area contributed by atoms with E-state index in [4.69, 9.17) is 9.47 Å². The normalized spacial score (nSPS) is 10.8. The van der Waals surface area contributed by atoms with Crippen LogP contribution in [0, 0.1) is 0 Å². The van der Waals surface area contributed by atoms with Crippen LogP contribution in [0.4, 0.5) is 0 Å². The smallest absolute Gasteiger partial charge is 0.234 e. The summed E-state index contributed by atoms with van der Waals surface area (Å²) in [6.07, 6.45) is 2.33. The third-order valence-corrected chi connectivity index (χ3v) is 3.64. The topological polar surface area (TPSA) is 61.5 Å². The molecule has 0 saturated carbocycles. The monoisotopic (exact) mass is 276 g/mol. The Balaban J connectivity index is 1.88. The van der Waals surface area contributed by atoms with Crippen molar-refractivity contribution in [2.75, 3.05) is 14.2 Å². The summed E-state index contributed by atoms with van der Waals surface area (Å²) in [5.74, 6) is 1.45. The van der Waals surface area contributed by atoms with E-state index < -0.39 is 0 Å². The predicted octanol–water partition coefficient (Wildman–Crippen LogP) is 1.79. The molecule has 2 heterocycles. The van der Waals surface area contributed by atoms with Crippen molar-refractivity contribution in [2.45, 2.75) is 6.42 Å². The molecule has 0 fully saturated rings. The number of hydrogen-bond acceptors (Lipinski definition) is 6. The molecule has 2 aromatic heterocycles. The first-order valence-corrected chi connectivity index (χ1v) is 6.48. The lowest BCUT2D eigenvalue weighted by molar-refractivity contribution is 0.354. The molecular weight excluding hydrogens is 264 g/mol. The standard InChI is InChI=1S/C12H12N4O2S/c1-17-9-4-3-8(5-10(9)18-2)6-11-15-16-7-13-14-12(16)19-11/h3-5,7H,6H2,1-2H3. The minimum Gasteiger partial charge on any atom is -0.493 e. The molecule has 0 aliphatic rings. The average molecular weight is 276 g/mol. The third kappa shape index (κ3) is 2.24. The molecule has 0 radical (unpaired) electrons. The van der Waals surface area contributed by atoms with Gasteiger partial charge in [-0.15, -0.1) is 10.2 Å². The van der Waals surface area contributed by atoms with E-state index in [0.717, 1.165) is 33.5 Å². The Bertz CT molecular complexity index is 678. The molecule has 1 aromatic carbocycles. The van der Waals surface area contributed by atoms with Crippen LogP contribution < -0.4 is 9.47 Å². The summed E-state index contributed by atoms with van der Waals surface area (Å²) in [4.78, 5) is 0.801. The van der Waals surface area contributed by atoms with Gasteiger partial charge in [0.25, 0.3) is 0 Å². The third-order valence-electron chi connectivity index (χ3n) is 2.73. The van der Waals surface area contributed by atoms with Gasteiger partial charge in [-0.25, -0.2) is 0 Å². The van der Waals surface area contributed by atoms with Gasteiger partial charge in [-0.05, 0) is 17.7 Å². The summed E-state index contributed by atoms with van der Waals surface area (Å²) in [5.41, 5.74) is 1.11. The van der Waals surface area contributed by atoms with Gasteiger partial charge in [0.2, 0.25) is 4.96 Å². The molecule has 0 atom stereocenters. The van der Waals surface area contributed by atoms with Crippen molar-refractivity contribution in [1.82, 2.24) is 19.8 Å². The van der Waals surface area contributed by atoms with Gasteiger partial charge < -0.3 is 9.47 Å². The van der Waals surface area contributed by atoms with Gasteiger partial charge >= 0.3 is 0 Å². The summed E-state index contributed by atoms with van der Waals surface area (Å²) in [6, 6.07) is 5.86. The number of aromatic nitrogens is 4. The summed E-state index contributed by atoms with van der Waals surface area (Å²) in [5, 5.41) is 13.1. The fourth-order valence-corrected chi connectivity index (χ4v) is 2.69. The van der Waals surface area contributed by atoms with Crippen LogP contribution in [0.1, 0.15) is 10.6 Å². The summed E-state index contributed by atoms with van der Waals surface area (Å²) < 4.78 is 12.2. The van der Waals surface area contributed by atoms with Gasteiger partial charge in [0.05, 0.1) is 14.2 Å². The molecule has 6 nitrogen and oxygen atoms in total. The Morgan fingerprint density at radius 3 is 2.79 bits per heavy atom. The zero-order chi connectivity index (χ0) is 13.2. The Labute approximate surface area is 113 Å². The number of ether oxygens (including phenoxy) is 2. The quantitative estimate of drug-likeness (QED) is 0.727. The van der Waals surface area contributed by atoms with Crippen LogP contribution in [0.2, 0.25) is 0 Å². The molecule has 3 rings (SSSR count). The second-order valence-electron chi connectivity index (χ2n) is 3.92. The molecule has 0 unspecified atom stereocenters. The van der Waals surface area contributed by atoms with Crippen molar-refractivity contribution in [1.29, 1.82) is 0 Å². The highest BCUT2D eigenvalue weighted by molar-refractivity contribution is 7.16. The predicted molar refractivity (Wildman–Crippen MR) is 71.0 cm³/mol. The minimum absolute atomic E-state index is 0.725. The molecule has 19 heavy (non-hydrogen) atoms. The van der Waals surface area contributed by atoms with E-state index in [1.807, 2.05) is 18.2 Å². The second kappa shape index (κ2) is 4.85. The van der Waals surface area contributed by atoms with E-state index >= 15 is 0 Å². The number of rotatable bonds is 4. The van der Waals surface area contributed by atoms with Crippen LogP contribution in [0.15, 0.2) is 24.5 Å². The zero-order valence-electron chi connectivity index (χ0n) is 10.5. The summed E-state index contributed by atoms with van der Waals surface area (Å²) >= 11 is 1.53. The first kappa shape index (κ1) is 11.9. The fourth-order valence-electron chi connectivity index (χ4n) is 1.84.